The summed E-state index contributed by atoms with van der Waals surface area (Å²) in [6.45, 7) is 5.98. The van der Waals surface area contributed by atoms with E-state index in [1.54, 1.807) is 0 Å². The van der Waals surface area contributed by atoms with Gasteiger partial charge in [-0.15, -0.1) is 11.6 Å². The fraction of sp³-hybridized carbons (Fsp3) is 0.467. The maximum absolute atomic E-state index is 12.1. The van der Waals surface area contributed by atoms with E-state index in [0.717, 1.165) is 16.6 Å². The molecule has 1 atom stereocenters. The zero-order valence-electron chi connectivity index (χ0n) is 12.2. The van der Waals surface area contributed by atoms with E-state index in [2.05, 4.69) is 4.98 Å². The van der Waals surface area contributed by atoms with E-state index in [1.165, 1.54) is 7.11 Å². The summed E-state index contributed by atoms with van der Waals surface area (Å²) in [5.41, 5.74) is 2.90. The number of nitrogens with zero attached hydrogens (tertiary/aromatic N) is 2. The van der Waals surface area contributed by atoms with E-state index in [-0.39, 0.29) is 17.8 Å². The molecule has 1 unspecified atom stereocenters. The Morgan fingerprint density at radius 2 is 2.15 bits per heavy atom. The summed E-state index contributed by atoms with van der Waals surface area (Å²) in [6.07, 6.45) is 0. The molecule has 0 amide bonds. The van der Waals surface area contributed by atoms with Crippen LogP contribution in [0, 0.1) is 12.8 Å². The van der Waals surface area contributed by atoms with Crippen molar-refractivity contribution in [2.24, 2.45) is 5.92 Å². The van der Waals surface area contributed by atoms with Gasteiger partial charge in [-0.05, 0) is 30.5 Å². The maximum Gasteiger partial charge on any atom is 0.329 e. The van der Waals surface area contributed by atoms with Crippen LogP contribution in [0.5, 0.6) is 0 Å². The summed E-state index contributed by atoms with van der Waals surface area (Å²) in [5, 5.41) is 0. The molecule has 1 aromatic heterocycles. The molecule has 5 heteroatoms. The molecule has 0 aliphatic rings. The highest BCUT2D eigenvalue weighted by Gasteiger charge is 2.28. The van der Waals surface area contributed by atoms with Gasteiger partial charge in [-0.25, -0.2) is 9.78 Å². The number of methoxy groups -OCH3 is 1. The lowest BCUT2D eigenvalue weighted by molar-refractivity contribution is -0.145. The average Bonchev–Trinajstić information content (AvgIpc) is 2.76. The summed E-state index contributed by atoms with van der Waals surface area (Å²) < 4.78 is 6.84. The number of aromatic nitrogens is 2. The Bertz CT molecular complexity index is 634. The normalized spacial score (nSPS) is 12.9. The first-order chi connectivity index (χ1) is 9.49. The van der Waals surface area contributed by atoms with Crippen LogP contribution in [-0.4, -0.2) is 22.6 Å². The van der Waals surface area contributed by atoms with Gasteiger partial charge in [0.2, 0.25) is 0 Å². The fourth-order valence-electron chi connectivity index (χ4n) is 2.46. The van der Waals surface area contributed by atoms with Crippen LogP contribution in [0.1, 0.15) is 31.3 Å². The average molecular weight is 295 g/mol. The van der Waals surface area contributed by atoms with Crippen molar-refractivity contribution in [3.05, 3.63) is 29.6 Å². The predicted molar refractivity (Wildman–Crippen MR) is 79.9 cm³/mol. The molecule has 0 N–H and O–H groups in total. The number of carbonyl (C=O) groups excluding carboxylic acids is 1. The fourth-order valence-corrected chi connectivity index (χ4v) is 2.65. The number of esters is 1. The monoisotopic (exact) mass is 294 g/mol. The smallest absolute Gasteiger partial charge is 0.329 e. The maximum atomic E-state index is 12.1. The molecular weight excluding hydrogens is 276 g/mol. The second-order valence-electron chi connectivity index (χ2n) is 5.24. The third kappa shape index (κ3) is 2.52. The Morgan fingerprint density at radius 1 is 1.45 bits per heavy atom. The van der Waals surface area contributed by atoms with Crippen molar-refractivity contribution in [3.8, 4) is 0 Å². The molecule has 1 aromatic carbocycles. The SMILES string of the molecule is COC(=O)C(C(C)C)n1c(CCl)nc2cc(C)ccc21. The van der Waals surface area contributed by atoms with Gasteiger partial charge in [0.25, 0.3) is 0 Å². The van der Waals surface area contributed by atoms with Crippen molar-refractivity contribution in [3.63, 3.8) is 0 Å². The molecule has 0 fully saturated rings. The minimum atomic E-state index is -0.415. The Labute approximate surface area is 123 Å². The number of halogens is 1. The van der Waals surface area contributed by atoms with E-state index in [1.807, 2.05) is 43.5 Å². The van der Waals surface area contributed by atoms with Gasteiger partial charge in [-0.2, -0.15) is 0 Å². The first kappa shape index (κ1) is 14.9. The molecule has 4 nitrogen and oxygen atoms in total. The van der Waals surface area contributed by atoms with Crippen LogP contribution in [0.3, 0.4) is 0 Å². The van der Waals surface area contributed by atoms with Crippen molar-refractivity contribution in [2.75, 3.05) is 7.11 Å². The van der Waals surface area contributed by atoms with E-state index in [9.17, 15) is 4.79 Å². The number of fused-ring (bicyclic) bond motifs is 1. The van der Waals surface area contributed by atoms with Crippen LogP contribution in [-0.2, 0) is 15.4 Å². The van der Waals surface area contributed by atoms with Crippen molar-refractivity contribution in [1.82, 2.24) is 9.55 Å². The van der Waals surface area contributed by atoms with Gasteiger partial charge in [-0.3, -0.25) is 0 Å². The van der Waals surface area contributed by atoms with Crippen molar-refractivity contribution < 1.29 is 9.53 Å². The molecule has 0 bridgehead atoms. The molecule has 1 heterocycles. The number of hydrogen-bond acceptors (Lipinski definition) is 3. The Balaban J connectivity index is 2.69. The Hall–Kier alpha value is -1.55. The number of benzene rings is 1. The minimum absolute atomic E-state index is 0.0862. The minimum Gasteiger partial charge on any atom is -0.467 e. The number of imidazole rings is 1. The number of hydrogen-bond donors (Lipinski definition) is 0. The molecule has 0 saturated heterocycles. The van der Waals surface area contributed by atoms with Crippen molar-refractivity contribution in [2.45, 2.75) is 32.7 Å². The summed E-state index contributed by atoms with van der Waals surface area (Å²) in [5.74, 6) is 0.763. The van der Waals surface area contributed by atoms with Crippen LogP contribution in [0.25, 0.3) is 11.0 Å². The predicted octanol–water partition coefficient (Wildman–Crippen LogP) is 3.45. The van der Waals surface area contributed by atoms with Crippen LogP contribution < -0.4 is 0 Å². The Morgan fingerprint density at radius 3 is 2.70 bits per heavy atom. The zero-order chi connectivity index (χ0) is 14.9. The van der Waals surface area contributed by atoms with Gasteiger partial charge in [0.1, 0.15) is 11.9 Å². The molecule has 2 rings (SSSR count). The molecule has 2 aromatic rings. The summed E-state index contributed by atoms with van der Waals surface area (Å²) in [7, 11) is 1.40. The highest BCUT2D eigenvalue weighted by molar-refractivity contribution is 6.16. The number of ether oxygens (including phenoxy) is 1. The highest BCUT2D eigenvalue weighted by Crippen LogP contribution is 2.28. The van der Waals surface area contributed by atoms with Crippen LogP contribution >= 0.6 is 11.6 Å². The van der Waals surface area contributed by atoms with Crippen molar-refractivity contribution >= 4 is 28.6 Å². The third-order valence-electron chi connectivity index (χ3n) is 3.39. The first-order valence-corrected chi connectivity index (χ1v) is 7.14. The summed E-state index contributed by atoms with van der Waals surface area (Å²) >= 11 is 6.00. The number of alkyl halides is 1. The molecule has 0 aliphatic heterocycles. The van der Waals surface area contributed by atoms with Gasteiger partial charge in [-0.1, -0.05) is 19.9 Å². The lowest BCUT2D eigenvalue weighted by Gasteiger charge is -2.22. The summed E-state index contributed by atoms with van der Waals surface area (Å²) in [4.78, 5) is 16.7. The molecule has 20 heavy (non-hydrogen) atoms. The van der Waals surface area contributed by atoms with Gasteiger partial charge in [0.05, 0.1) is 24.0 Å². The number of aryl methyl sites for hydroxylation is 1. The van der Waals surface area contributed by atoms with Gasteiger partial charge >= 0.3 is 5.97 Å². The third-order valence-corrected chi connectivity index (χ3v) is 3.63. The topological polar surface area (TPSA) is 44.1 Å². The second-order valence-corrected chi connectivity index (χ2v) is 5.50. The number of rotatable bonds is 4. The number of carbonyl (C=O) groups is 1. The second kappa shape index (κ2) is 5.83. The molecular formula is C15H19ClN2O2. The van der Waals surface area contributed by atoms with Gasteiger partial charge < -0.3 is 9.30 Å². The molecule has 0 aliphatic carbocycles. The molecule has 108 valence electrons. The van der Waals surface area contributed by atoms with Crippen LogP contribution in [0.2, 0.25) is 0 Å². The van der Waals surface area contributed by atoms with E-state index in [0.29, 0.717) is 5.82 Å². The van der Waals surface area contributed by atoms with E-state index >= 15 is 0 Å². The van der Waals surface area contributed by atoms with Gasteiger partial charge in [0.15, 0.2) is 0 Å². The van der Waals surface area contributed by atoms with Crippen molar-refractivity contribution in [1.29, 1.82) is 0 Å². The zero-order valence-corrected chi connectivity index (χ0v) is 12.9. The first-order valence-electron chi connectivity index (χ1n) is 6.60. The quantitative estimate of drug-likeness (QED) is 0.641. The van der Waals surface area contributed by atoms with Gasteiger partial charge in [0, 0.05) is 0 Å². The molecule has 0 spiro atoms. The standard InChI is InChI=1S/C15H19ClN2O2/c1-9(2)14(15(19)20-4)18-12-6-5-10(3)7-11(12)17-13(18)8-16/h5-7,9,14H,8H2,1-4H3. The summed E-state index contributed by atoms with van der Waals surface area (Å²) in [6, 6.07) is 5.57. The lowest BCUT2D eigenvalue weighted by Crippen LogP contribution is -2.27. The van der Waals surface area contributed by atoms with E-state index < -0.39 is 6.04 Å². The van der Waals surface area contributed by atoms with Crippen LogP contribution in [0.4, 0.5) is 0 Å². The molecule has 0 radical (unpaired) electrons. The Kier molecular flexibility index (Phi) is 4.33. The largest absolute Gasteiger partial charge is 0.467 e. The van der Waals surface area contributed by atoms with Crippen LogP contribution in [0.15, 0.2) is 18.2 Å². The van der Waals surface area contributed by atoms with E-state index in [4.69, 9.17) is 16.3 Å². The highest BCUT2D eigenvalue weighted by atomic mass is 35.5. The molecule has 0 saturated carbocycles. The lowest BCUT2D eigenvalue weighted by atomic mass is 10.0.